The maximum absolute atomic E-state index is 6.55. The topological polar surface area (TPSA) is 45.9 Å². The summed E-state index contributed by atoms with van der Waals surface area (Å²) in [7, 11) is 0. The molecule has 0 amide bonds. The minimum Gasteiger partial charge on any atom is -0.456 e. The smallest absolute Gasteiger partial charge is 0.137 e. The number of fused-ring (bicyclic) bond motifs is 12. The summed E-state index contributed by atoms with van der Waals surface area (Å²) in [5.41, 5.74) is 25.9. The highest BCUT2D eigenvalue weighted by Crippen LogP contribution is 2.45. The van der Waals surface area contributed by atoms with Crippen molar-refractivity contribution in [3.63, 3.8) is 0 Å². The molecule has 0 N–H and O–H groups in total. The summed E-state index contributed by atoms with van der Waals surface area (Å²) < 4.78 is 21.5. The Morgan fingerprint density at radius 3 is 0.784 bits per heavy atom. The number of hydrogen-bond acceptors (Lipinski definition) is 6. The van der Waals surface area contributed by atoms with Crippen LogP contribution in [0.5, 0.6) is 0 Å². The van der Waals surface area contributed by atoms with E-state index < -0.39 is 0 Å². The van der Waals surface area contributed by atoms with Crippen molar-refractivity contribution in [3.05, 3.63) is 376 Å². The fourth-order valence-corrected chi connectivity index (χ4v) is 15.8. The number of anilines is 6. The Labute approximate surface area is 593 Å². The third kappa shape index (κ3) is 11.2. The molecule has 0 spiro atoms. The van der Waals surface area contributed by atoms with E-state index in [4.69, 9.17) is 13.3 Å². The molecule has 102 heavy (non-hydrogen) atoms. The molecule has 4 heterocycles. The molecular formula is C96H62N2O3S. The van der Waals surface area contributed by atoms with Crippen molar-refractivity contribution in [1.29, 1.82) is 0 Å². The van der Waals surface area contributed by atoms with E-state index >= 15 is 0 Å². The molecule has 0 aliphatic rings. The second-order valence-electron chi connectivity index (χ2n) is 25.9. The summed E-state index contributed by atoms with van der Waals surface area (Å²) >= 11 is 1.86. The van der Waals surface area contributed by atoms with Gasteiger partial charge in [0, 0.05) is 92.7 Å². The Kier molecular flexibility index (Phi) is 15.0. The Hall–Kier alpha value is -13.3. The molecule has 16 aromatic carbocycles. The second-order valence-corrected chi connectivity index (χ2v) is 27.0. The van der Waals surface area contributed by atoms with Crippen LogP contribution in [0.1, 0.15) is 0 Å². The van der Waals surface area contributed by atoms with Gasteiger partial charge in [-0.25, -0.2) is 0 Å². The maximum atomic E-state index is 6.55. The summed E-state index contributed by atoms with van der Waals surface area (Å²) in [6.45, 7) is 0. The van der Waals surface area contributed by atoms with Crippen LogP contribution in [0.4, 0.5) is 34.1 Å². The van der Waals surface area contributed by atoms with Gasteiger partial charge in [-0.3, -0.25) is 0 Å². The molecule has 0 unspecified atom stereocenters. The minimum atomic E-state index is 0.856. The summed E-state index contributed by atoms with van der Waals surface area (Å²) in [6.07, 6.45) is 0. The number of hydrogen-bond donors (Lipinski definition) is 0. The van der Waals surface area contributed by atoms with Crippen LogP contribution in [0.25, 0.3) is 153 Å². The molecule has 0 radical (unpaired) electrons. The van der Waals surface area contributed by atoms with Crippen molar-refractivity contribution >= 4 is 131 Å². The van der Waals surface area contributed by atoms with Crippen LogP contribution in [-0.4, -0.2) is 0 Å². The van der Waals surface area contributed by atoms with Crippen LogP contribution < -0.4 is 9.80 Å². The first kappa shape index (κ1) is 60.0. The van der Waals surface area contributed by atoms with E-state index in [0.29, 0.717) is 0 Å². The number of para-hydroxylation sites is 2. The third-order valence-corrected chi connectivity index (χ3v) is 20.9. The van der Waals surface area contributed by atoms with E-state index in [-0.39, 0.29) is 0 Å². The fourth-order valence-electron chi connectivity index (χ4n) is 14.6. The van der Waals surface area contributed by atoms with E-state index in [2.05, 4.69) is 356 Å². The van der Waals surface area contributed by atoms with Crippen molar-refractivity contribution in [3.8, 4) is 66.8 Å². The Morgan fingerprint density at radius 2 is 0.392 bits per heavy atom. The number of nitrogens with zero attached hydrogens (tertiary/aromatic N) is 2. The second kappa shape index (κ2) is 25.5. The Morgan fingerprint density at radius 1 is 0.157 bits per heavy atom. The van der Waals surface area contributed by atoms with Crippen LogP contribution in [0.3, 0.4) is 0 Å². The lowest BCUT2D eigenvalue weighted by molar-refractivity contribution is 0.668. The van der Waals surface area contributed by atoms with Gasteiger partial charge in [0.1, 0.15) is 33.5 Å². The molecule has 0 aliphatic heterocycles. The zero-order valence-electron chi connectivity index (χ0n) is 55.3. The summed E-state index contributed by atoms with van der Waals surface area (Å²) in [5.74, 6) is 0. The predicted octanol–water partition coefficient (Wildman–Crippen LogP) is 28.4. The van der Waals surface area contributed by atoms with Crippen molar-refractivity contribution in [2.75, 3.05) is 9.80 Å². The average Bonchev–Trinajstić information content (AvgIpc) is 1.59. The van der Waals surface area contributed by atoms with Crippen LogP contribution >= 0.6 is 11.3 Å². The summed E-state index contributed by atoms with van der Waals surface area (Å²) in [4.78, 5) is 4.66. The monoisotopic (exact) mass is 1320 g/mol. The Bertz CT molecular complexity index is 6060. The summed E-state index contributed by atoms with van der Waals surface area (Å²) in [5, 5.41) is 9.36. The molecule has 0 atom stereocenters. The van der Waals surface area contributed by atoms with Crippen molar-refractivity contribution < 1.29 is 13.3 Å². The van der Waals surface area contributed by atoms with Crippen molar-refractivity contribution in [2.24, 2.45) is 0 Å². The lowest BCUT2D eigenvalue weighted by Gasteiger charge is -2.26. The lowest BCUT2D eigenvalue weighted by atomic mass is 10.0. The van der Waals surface area contributed by atoms with Crippen LogP contribution in [0.15, 0.2) is 389 Å². The van der Waals surface area contributed by atoms with Gasteiger partial charge in [-0.1, -0.05) is 243 Å². The number of furan rings is 3. The molecule has 0 aliphatic carbocycles. The largest absolute Gasteiger partial charge is 0.456 e. The normalized spacial score (nSPS) is 11.5. The van der Waals surface area contributed by atoms with E-state index in [9.17, 15) is 0 Å². The SMILES string of the molecule is c1ccc(-c2ccc(N(c3ccc(-c4ccc5c(c4)oc4ccccc45)cc3)c3ccc4c(c3)oc3cc(-c5ccccc5)ccc34)cc2)cc1.c1ccc(-c2ccc(N(c3ccc(-c4ccc5c(c4)oc4ccccc45)cc3)c3ccc4c(c3)sc3cc(-c5ccccc5)ccc34)cc2)cc1. The van der Waals surface area contributed by atoms with Crippen molar-refractivity contribution in [1.82, 2.24) is 0 Å². The zero-order valence-corrected chi connectivity index (χ0v) is 56.1. The Balaban J connectivity index is 0.000000141. The molecule has 5 nitrogen and oxygen atoms in total. The summed E-state index contributed by atoms with van der Waals surface area (Å²) in [6, 6.07) is 134. The molecule has 480 valence electrons. The van der Waals surface area contributed by atoms with Gasteiger partial charge in [-0.05, 0) is 194 Å². The highest BCUT2D eigenvalue weighted by atomic mass is 32.1. The first-order chi connectivity index (χ1) is 50.5. The maximum Gasteiger partial charge on any atom is 0.137 e. The number of thiophene rings is 1. The van der Waals surface area contributed by atoms with Gasteiger partial charge in [-0.2, -0.15) is 0 Å². The predicted molar refractivity (Wildman–Crippen MR) is 430 cm³/mol. The third-order valence-electron chi connectivity index (χ3n) is 19.8. The van der Waals surface area contributed by atoms with Gasteiger partial charge in [0.25, 0.3) is 0 Å². The first-order valence-electron chi connectivity index (χ1n) is 34.5. The average molecular weight is 1320 g/mol. The van der Waals surface area contributed by atoms with E-state index in [1.165, 1.54) is 59.1 Å². The zero-order chi connectivity index (χ0) is 67.5. The van der Waals surface area contributed by atoms with Gasteiger partial charge in [-0.15, -0.1) is 11.3 Å². The highest BCUT2D eigenvalue weighted by Gasteiger charge is 2.20. The standard InChI is InChI=1S/C48H31NO2.C48H31NOS/c1-3-9-32(10-4-1)34-15-21-38(22-16-34)49(39-23-17-35(18-24-39)37-20-26-42-41-13-7-8-14-45(41)50-46(42)30-37)40-25-28-44-43-27-19-36(33-11-5-2-6-12-33)29-47(43)51-48(44)31-40;1-3-9-32(10-4-1)34-15-21-38(22-16-34)49(39-23-17-35(18-24-39)36-19-26-42-41-13-7-8-14-45(41)50-46(42)29-36)40-25-28-44-43-27-20-37(33-11-5-2-6-12-33)30-47(43)51-48(44)31-40/h2*1-31H. The van der Waals surface area contributed by atoms with Crippen LogP contribution in [-0.2, 0) is 0 Å². The van der Waals surface area contributed by atoms with Crippen LogP contribution in [0, 0.1) is 0 Å². The van der Waals surface area contributed by atoms with Crippen molar-refractivity contribution in [2.45, 2.75) is 0 Å². The quantitative estimate of drug-likeness (QED) is 0.122. The van der Waals surface area contributed by atoms with Crippen LogP contribution in [0.2, 0.25) is 0 Å². The minimum absolute atomic E-state index is 0.856. The van der Waals surface area contributed by atoms with Gasteiger partial charge >= 0.3 is 0 Å². The molecule has 0 saturated heterocycles. The van der Waals surface area contributed by atoms with E-state index in [1.54, 1.807) is 0 Å². The fraction of sp³-hybridized carbons (Fsp3) is 0. The molecule has 0 fully saturated rings. The number of rotatable bonds is 12. The number of benzene rings is 16. The molecule has 0 bridgehead atoms. The molecule has 20 aromatic rings. The van der Waals surface area contributed by atoms with Gasteiger partial charge in [0.05, 0.1) is 0 Å². The molecule has 6 heteroatoms. The molecule has 20 rings (SSSR count). The molecular weight excluding hydrogens is 1260 g/mol. The van der Waals surface area contributed by atoms with Gasteiger partial charge in [0.2, 0.25) is 0 Å². The molecule has 0 saturated carbocycles. The van der Waals surface area contributed by atoms with Gasteiger partial charge < -0.3 is 23.1 Å². The van der Waals surface area contributed by atoms with E-state index in [1.807, 2.05) is 41.7 Å². The highest BCUT2D eigenvalue weighted by molar-refractivity contribution is 7.25. The van der Waals surface area contributed by atoms with E-state index in [0.717, 1.165) is 128 Å². The first-order valence-corrected chi connectivity index (χ1v) is 35.3. The lowest BCUT2D eigenvalue weighted by Crippen LogP contribution is -2.09. The van der Waals surface area contributed by atoms with Gasteiger partial charge in [0.15, 0.2) is 0 Å². The molecule has 4 aromatic heterocycles.